The van der Waals surface area contributed by atoms with Crippen molar-refractivity contribution in [3.05, 3.63) is 59.6 Å². The van der Waals surface area contributed by atoms with Gasteiger partial charge in [0.2, 0.25) is 0 Å². The van der Waals surface area contributed by atoms with Crippen LogP contribution < -0.4 is 4.72 Å². The predicted molar refractivity (Wildman–Crippen MR) is 120 cm³/mol. The summed E-state index contributed by atoms with van der Waals surface area (Å²) in [6.45, 7) is 3.42. The second kappa shape index (κ2) is 7.98. The number of sulfonamides is 1. The van der Waals surface area contributed by atoms with Crippen LogP contribution in [-0.2, 0) is 19.9 Å². The van der Waals surface area contributed by atoms with E-state index in [1.807, 2.05) is 6.92 Å². The van der Waals surface area contributed by atoms with E-state index >= 15 is 0 Å². The van der Waals surface area contributed by atoms with Crippen molar-refractivity contribution in [2.75, 3.05) is 10.5 Å². The second-order valence-corrected chi connectivity index (χ2v) is 11.8. The summed E-state index contributed by atoms with van der Waals surface area (Å²) >= 11 is 1.44. The topological polar surface area (TPSA) is 119 Å². The van der Waals surface area contributed by atoms with Gasteiger partial charge in [0, 0.05) is 11.3 Å². The summed E-state index contributed by atoms with van der Waals surface area (Å²) in [6, 6.07) is 14.4. The van der Waals surface area contributed by atoms with E-state index in [0.29, 0.717) is 16.9 Å². The van der Waals surface area contributed by atoms with Gasteiger partial charge in [0.05, 0.1) is 31.6 Å². The molecule has 1 N–H and O–H groups in total. The van der Waals surface area contributed by atoms with Crippen LogP contribution in [0.3, 0.4) is 0 Å². The van der Waals surface area contributed by atoms with Gasteiger partial charge < -0.3 is 0 Å². The minimum absolute atomic E-state index is 0.0502. The second-order valence-electron chi connectivity index (χ2n) is 6.71. The first-order valence-electron chi connectivity index (χ1n) is 9.25. The number of anilines is 1. The fourth-order valence-corrected chi connectivity index (χ4v) is 5.66. The number of sulfone groups is 1. The molecule has 31 heavy (non-hydrogen) atoms. The van der Waals surface area contributed by atoms with E-state index in [4.69, 9.17) is 0 Å². The molecule has 0 aliphatic heterocycles. The van der Waals surface area contributed by atoms with Crippen molar-refractivity contribution >= 4 is 47.1 Å². The van der Waals surface area contributed by atoms with Crippen molar-refractivity contribution in [1.29, 1.82) is 0 Å². The molecule has 0 radical (unpaired) electrons. The number of hydrogen-bond acceptors (Lipinski definition) is 8. The zero-order valence-corrected chi connectivity index (χ0v) is 19.1. The molecule has 0 atom stereocenters. The van der Waals surface area contributed by atoms with Crippen molar-refractivity contribution in [3.8, 4) is 11.3 Å². The molecule has 2 aromatic heterocycles. The molecule has 4 rings (SSSR count). The third-order valence-electron chi connectivity index (χ3n) is 4.55. The number of rotatable bonds is 6. The molecular formula is C20H18N4O4S3. The lowest BCUT2D eigenvalue weighted by molar-refractivity contribution is 0.591. The third kappa shape index (κ3) is 4.43. The highest BCUT2D eigenvalue weighted by atomic mass is 32.2. The van der Waals surface area contributed by atoms with Crippen LogP contribution in [0.15, 0.2) is 64.5 Å². The average molecular weight is 475 g/mol. The summed E-state index contributed by atoms with van der Waals surface area (Å²) in [5, 5.41) is 8.56. The zero-order valence-electron chi connectivity index (χ0n) is 16.6. The first-order valence-corrected chi connectivity index (χ1v) is 13.2. The molecule has 8 nitrogen and oxygen atoms in total. The SMILES string of the molecule is CCS(=O)(=O)c1ccc(-c2ccc(NS(=O)(=O)c3ccc4nc(C)sc4c3)cc2)nn1. The highest BCUT2D eigenvalue weighted by Gasteiger charge is 2.17. The van der Waals surface area contributed by atoms with Crippen molar-refractivity contribution in [2.45, 2.75) is 23.8 Å². The molecule has 160 valence electrons. The number of nitrogens with zero attached hydrogens (tertiary/aromatic N) is 3. The van der Waals surface area contributed by atoms with Crippen molar-refractivity contribution in [3.63, 3.8) is 0 Å². The smallest absolute Gasteiger partial charge is 0.261 e. The number of aryl methyl sites for hydroxylation is 1. The van der Waals surface area contributed by atoms with Crippen LogP contribution in [0.2, 0.25) is 0 Å². The molecule has 0 saturated heterocycles. The standard InChI is InChI=1S/C20H18N4O4S3/c1-3-30(25,26)20-11-10-17(22-23-20)14-4-6-15(7-5-14)24-31(27,28)16-8-9-18-19(12-16)29-13(2)21-18/h4-12,24H,3H2,1-2H3. The van der Waals surface area contributed by atoms with Crippen LogP contribution in [0.25, 0.3) is 21.5 Å². The molecule has 2 aromatic carbocycles. The monoisotopic (exact) mass is 474 g/mol. The summed E-state index contributed by atoms with van der Waals surface area (Å²) in [4.78, 5) is 4.50. The largest absolute Gasteiger partial charge is 0.280 e. The number of fused-ring (bicyclic) bond motifs is 1. The summed E-state index contributed by atoms with van der Waals surface area (Å²) in [5.74, 6) is -0.0502. The Morgan fingerprint density at radius 2 is 1.68 bits per heavy atom. The van der Waals surface area contributed by atoms with Crippen LogP contribution in [0.4, 0.5) is 5.69 Å². The molecule has 0 aliphatic carbocycles. The lowest BCUT2D eigenvalue weighted by Crippen LogP contribution is -2.12. The van der Waals surface area contributed by atoms with Gasteiger partial charge >= 0.3 is 0 Å². The molecular weight excluding hydrogens is 456 g/mol. The Bertz CT molecular complexity index is 1460. The Hall–Kier alpha value is -2.89. The lowest BCUT2D eigenvalue weighted by atomic mass is 10.1. The summed E-state index contributed by atoms with van der Waals surface area (Å²) in [6.07, 6.45) is 0. The average Bonchev–Trinajstić information content (AvgIpc) is 3.13. The van der Waals surface area contributed by atoms with Crippen LogP contribution in [0.1, 0.15) is 11.9 Å². The maximum absolute atomic E-state index is 12.8. The van der Waals surface area contributed by atoms with Gasteiger partial charge in [0.15, 0.2) is 14.9 Å². The number of thiazole rings is 1. The van der Waals surface area contributed by atoms with E-state index < -0.39 is 19.9 Å². The van der Waals surface area contributed by atoms with E-state index in [9.17, 15) is 16.8 Å². The van der Waals surface area contributed by atoms with Gasteiger partial charge in [0.1, 0.15) is 0 Å². The summed E-state index contributed by atoms with van der Waals surface area (Å²) in [5.41, 5.74) is 2.32. The van der Waals surface area contributed by atoms with Gasteiger partial charge in [-0.1, -0.05) is 19.1 Å². The van der Waals surface area contributed by atoms with Crippen LogP contribution in [-0.4, -0.2) is 37.8 Å². The quantitative estimate of drug-likeness (QED) is 0.453. The molecule has 0 spiro atoms. The van der Waals surface area contributed by atoms with Crippen LogP contribution >= 0.6 is 11.3 Å². The van der Waals surface area contributed by atoms with E-state index in [2.05, 4.69) is 19.9 Å². The van der Waals surface area contributed by atoms with E-state index in [0.717, 1.165) is 15.2 Å². The Morgan fingerprint density at radius 3 is 2.32 bits per heavy atom. The number of aromatic nitrogens is 3. The highest BCUT2D eigenvalue weighted by molar-refractivity contribution is 7.92. The Morgan fingerprint density at radius 1 is 0.935 bits per heavy atom. The van der Waals surface area contributed by atoms with E-state index in [1.54, 1.807) is 49.4 Å². The van der Waals surface area contributed by atoms with Crippen molar-refractivity contribution in [1.82, 2.24) is 15.2 Å². The molecule has 0 bridgehead atoms. The molecule has 11 heteroatoms. The Labute approximate surface area is 184 Å². The molecule has 2 heterocycles. The first kappa shape index (κ1) is 21.3. The molecule has 0 amide bonds. The third-order valence-corrected chi connectivity index (χ3v) is 8.48. The van der Waals surface area contributed by atoms with Gasteiger partial charge in [-0.25, -0.2) is 21.8 Å². The lowest BCUT2D eigenvalue weighted by Gasteiger charge is -2.09. The maximum Gasteiger partial charge on any atom is 0.261 e. The first-order chi connectivity index (χ1) is 14.7. The molecule has 4 aromatic rings. The van der Waals surface area contributed by atoms with Gasteiger partial charge in [0.25, 0.3) is 10.0 Å². The Kier molecular flexibility index (Phi) is 5.50. The highest BCUT2D eigenvalue weighted by Crippen LogP contribution is 2.26. The predicted octanol–water partition coefficient (Wildman–Crippen LogP) is 3.66. The van der Waals surface area contributed by atoms with E-state index in [1.165, 1.54) is 23.5 Å². The number of benzene rings is 2. The van der Waals surface area contributed by atoms with Gasteiger partial charge in [-0.3, -0.25) is 4.72 Å². The fourth-order valence-electron chi connectivity index (χ4n) is 2.90. The van der Waals surface area contributed by atoms with Gasteiger partial charge in [-0.05, 0) is 49.4 Å². The van der Waals surface area contributed by atoms with Crippen LogP contribution in [0, 0.1) is 6.92 Å². The maximum atomic E-state index is 12.8. The molecule has 0 unspecified atom stereocenters. The van der Waals surface area contributed by atoms with Crippen molar-refractivity contribution in [2.24, 2.45) is 0 Å². The summed E-state index contributed by atoms with van der Waals surface area (Å²) < 4.78 is 52.6. The number of nitrogens with one attached hydrogen (secondary N) is 1. The molecule has 0 aliphatic rings. The van der Waals surface area contributed by atoms with Crippen molar-refractivity contribution < 1.29 is 16.8 Å². The van der Waals surface area contributed by atoms with Gasteiger partial charge in [-0.2, -0.15) is 0 Å². The van der Waals surface area contributed by atoms with Crippen LogP contribution in [0.5, 0.6) is 0 Å². The zero-order chi connectivity index (χ0) is 22.2. The minimum atomic E-state index is -3.76. The molecule has 0 saturated carbocycles. The number of hydrogen-bond donors (Lipinski definition) is 1. The normalized spacial score (nSPS) is 12.2. The summed E-state index contributed by atoms with van der Waals surface area (Å²) in [7, 11) is -7.18. The minimum Gasteiger partial charge on any atom is -0.280 e. The van der Waals surface area contributed by atoms with E-state index in [-0.39, 0.29) is 15.7 Å². The van der Waals surface area contributed by atoms with Gasteiger partial charge in [-0.15, -0.1) is 21.5 Å². The Balaban J connectivity index is 1.55. The fraction of sp³-hybridized carbons (Fsp3) is 0.150. The molecule has 0 fully saturated rings.